The highest BCUT2D eigenvalue weighted by Crippen LogP contribution is 2.27. The number of rotatable bonds is 11. The summed E-state index contributed by atoms with van der Waals surface area (Å²) in [7, 11) is 5.46. The van der Waals surface area contributed by atoms with E-state index in [0.717, 1.165) is 30.5 Å². The third-order valence-electron chi connectivity index (χ3n) is 5.20. The Morgan fingerprint density at radius 3 is 2.25 bits per heavy atom. The molecule has 0 aliphatic heterocycles. The number of carbonyl (C=O) groups excluding carboxylic acids is 2. The van der Waals surface area contributed by atoms with Crippen molar-refractivity contribution in [3.05, 3.63) is 23.8 Å². The third-order valence-corrected chi connectivity index (χ3v) is 5.20. The fourth-order valence-electron chi connectivity index (χ4n) is 3.28. The van der Waals surface area contributed by atoms with Crippen molar-refractivity contribution in [2.75, 3.05) is 38.0 Å². The van der Waals surface area contributed by atoms with E-state index in [1.807, 2.05) is 42.1 Å². The van der Waals surface area contributed by atoms with E-state index >= 15 is 0 Å². The monoisotopic (exact) mass is 391 g/mol. The summed E-state index contributed by atoms with van der Waals surface area (Å²) in [6.07, 6.45) is 2.58. The predicted molar refractivity (Wildman–Crippen MR) is 116 cm³/mol. The molecule has 1 N–H and O–H groups in total. The second kappa shape index (κ2) is 11.7. The van der Waals surface area contributed by atoms with Crippen LogP contribution < -0.4 is 10.2 Å². The van der Waals surface area contributed by atoms with Gasteiger partial charge in [-0.15, -0.1) is 0 Å². The summed E-state index contributed by atoms with van der Waals surface area (Å²) in [6, 6.07) is 5.96. The molecule has 2 amide bonds. The number of nitrogens with one attached hydrogen (secondary N) is 1. The minimum atomic E-state index is -0.196. The fraction of sp³-hybridized carbons (Fsp3) is 0.636. The predicted octanol–water partition coefficient (Wildman–Crippen LogP) is 3.90. The number of amides is 2. The van der Waals surface area contributed by atoms with Crippen LogP contribution in [0.25, 0.3) is 0 Å². The Kier molecular flexibility index (Phi) is 10.0. The lowest BCUT2D eigenvalue weighted by Crippen LogP contribution is -2.41. The smallest absolute Gasteiger partial charge is 0.250 e. The second-order valence-corrected chi connectivity index (χ2v) is 7.46. The summed E-state index contributed by atoms with van der Waals surface area (Å²) in [5.41, 5.74) is 2.76. The van der Waals surface area contributed by atoms with Crippen LogP contribution in [0.1, 0.15) is 52.5 Å². The summed E-state index contributed by atoms with van der Waals surface area (Å²) in [5.74, 6) is 0.0530. The summed E-state index contributed by atoms with van der Waals surface area (Å²) in [6.45, 7) is 8.87. The second-order valence-electron chi connectivity index (χ2n) is 7.46. The lowest BCUT2D eigenvalue weighted by atomic mass is 9.99. The zero-order valence-corrected chi connectivity index (χ0v) is 18.5. The van der Waals surface area contributed by atoms with Crippen LogP contribution in [0, 0.1) is 5.92 Å². The van der Waals surface area contributed by atoms with Crippen LogP contribution in [0.5, 0.6) is 0 Å². The van der Waals surface area contributed by atoms with Crippen LogP contribution in [0.2, 0.25) is 0 Å². The molecule has 0 saturated heterocycles. The molecule has 0 spiro atoms. The van der Waals surface area contributed by atoms with E-state index in [1.165, 1.54) is 7.11 Å². The molecule has 0 heterocycles. The van der Waals surface area contributed by atoms with E-state index in [1.54, 1.807) is 0 Å². The molecule has 0 bridgehead atoms. The first-order valence-corrected chi connectivity index (χ1v) is 10.2. The molecule has 0 fully saturated rings. The van der Waals surface area contributed by atoms with E-state index in [0.29, 0.717) is 12.2 Å². The van der Waals surface area contributed by atoms with E-state index in [2.05, 4.69) is 33.0 Å². The lowest BCUT2D eigenvalue weighted by Gasteiger charge is -2.33. The van der Waals surface area contributed by atoms with Crippen molar-refractivity contribution in [3.63, 3.8) is 0 Å². The number of benzene rings is 1. The first kappa shape index (κ1) is 24.0. The number of anilines is 2. The Bertz CT molecular complexity index is 642. The van der Waals surface area contributed by atoms with Gasteiger partial charge in [0.1, 0.15) is 6.61 Å². The minimum absolute atomic E-state index is 0.0108. The minimum Gasteiger partial charge on any atom is -0.377 e. The van der Waals surface area contributed by atoms with Crippen LogP contribution in [-0.4, -0.2) is 50.6 Å². The molecule has 0 aliphatic rings. The number of methoxy groups -OCH3 is 1. The van der Waals surface area contributed by atoms with Gasteiger partial charge in [-0.25, -0.2) is 0 Å². The average molecular weight is 392 g/mol. The molecule has 0 radical (unpaired) electrons. The van der Waals surface area contributed by atoms with Crippen molar-refractivity contribution in [2.45, 2.75) is 59.5 Å². The number of nitrogens with zero attached hydrogens (tertiary/aromatic N) is 2. The molecule has 6 heteroatoms. The van der Waals surface area contributed by atoms with Gasteiger partial charge in [-0.2, -0.15) is 0 Å². The topological polar surface area (TPSA) is 61.9 Å². The maximum Gasteiger partial charge on any atom is 0.250 e. The van der Waals surface area contributed by atoms with Crippen molar-refractivity contribution >= 4 is 23.2 Å². The molecular formula is C22H37N3O3. The SMILES string of the molecule is CCC(CC)C(=O)N(Cc1cc(NC(=O)COC)ccc1N(C)C)[C@H](C)CC. The van der Waals surface area contributed by atoms with Crippen LogP contribution in [-0.2, 0) is 20.9 Å². The Morgan fingerprint density at radius 1 is 1.11 bits per heavy atom. The Labute approximate surface area is 170 Å². The summed E-state index contributed by atoms with van der Waals surface area (Å²) >= 11 is 0. The first-order valence-electron chi connectivity index (χ1n) is 10.2. The number of ether oxygens (including phenoxy) is 1. The van der Waals surface area contributed by atoms with Crippen molar-refractivity contribution in [1.82, 2.24) is 4.90 Å². The third kappa shape index (κ3) is 6.51. The molecular weight excluding hydrogens is 354 g/mol. The van der Waals surface area contributed by atoms with Gasteiger partial charge in [0.2, 0.25) is 11.8 Å². The van der Waals surface area contributed by atoms with Crippen LogP contribution in [0.4, 0.5) is 11.4 Å². The van der Waals surface area contributed by atoms with Gasteiger partial charge >= 0.3 is 0 Å². The fourth-order valence-corrected chi connectivity index (χ4v) is 3.28. The van der Waals surface area contributed by atoms with Gasteiger partial charge in [0, 0.05) is 51.1 Å². The molecule has 158 valence electrons. The van der Waals surface area contributed by atoms with E-state index in [-0.39, 0.29) is 30.4 Å². The lowest BCUT2D eigenvalue weighted by molar-refractivity contribution is -0.138. The number of hydrogen-bond donors (Lipinski definition) is 1. The first-order chi connectivity index (χ1) is 13.3. The van der Waals surface area contributed by atoms with Crippen LogP contribution in [0.15, 0.2) is 18.2 Å². The van der Waals surface area contributed by atoms with Crippen LogP contribution >= 0.6 is 0 Å². The Balaban J connectivity index is 3.23. The van der Waals surface area contributed by atoms with Crippen molar-refractivity contribution in [3.8, 4) is 0 Å². The normalized spacial score (nSPS) is 12.0. The zero-order chi connectivity index (χ0) is 21.3. The van der Waals surface area contributed by atoms with Gasteiger partial charge in [-0.3, -0.25) is 9.59 Å². The summed E-state index contributed by atoms with van der Waals surface area (Å²) in [5, 5.41) is 2.85. The maximum atomic E-state index is 13.2. The van der Waals surface area contributed by atoms with E-state index < -0.39 is 0 Å². The largest absolute Gasteiger partial charge is 0.377 e. The quantitative estimate of drug-likeness (QED) is 0.621. The summed E-state index contributed by atoms with van der Waals surface area (Å²) in [4.78, 5) is 29.1. The van der Waals surface area contributed by atoms with Gasteiger partial charge in [0.15, 0.2) is 0 Å². The molecule has 1 rings (SSSR count). The molecule has 0 unspecified atom stereocenters. The maximum absolute atomic E-state index is 13.2. The number of hydrogen-bond acceptors (Lipinski definition) is 4. The van der Waals surface area contributed by atoms with Crippen molar-refractivity contribution in [2.24, 2.45) is 5.92 Å². The molecule has 0 aromatic heterocycles. The standard InChI is InChI=1S/C22H37N3O3/c1-8-16(4)25(22(27)17(9-2)10-3)14-18-13-19(23-21(26)15-28-7)11-12-20(18)24(5)6/h11-13,16-17H,8-10,14-15H2,1-7H3,(H,23,26)/t16-/m1/s1. The van der Waals surface area contributed by atoms with Gasteiger partial charge in [0.05, 0.1) is 0 Å². The Morgan fingerprint density at radius 2 is 1.75 bits per heavy atom. The average Bonchev–Trinajstić information content (AvgIpc) is 2.66. The van der Waals surface area contributed by atoms with Crippen molar-refractivity contribution in [1.29, 1.82) is 0 Å². The van der Waals surface area contributed by atoms with Gasteiger partial charge in [-0.1, -0.05) is 20.8 Å². The highest BCUT2D eigenvalue weighted by molar-refractivity contribution is 5.92. The molecule has 6 nitrogen and oxygen atoms in total. The van der Waals surface area contributed by atoms with Gasteiger partial charge in [-0.05, 0) is 49.9 Å². The van der Waals surface area contributed by atoms with E-state index in [9.17, 15) is 9.59 Å². The van der Waals surface area contributed by atoms with Crippen molar-refractivity contribution < 1.29 is 14.3 Å². The highest BCUT2D eigenvalue weighted by atomic mass is 16.5. The van der Waals surface area contributed by atoms with Gasteiger partial charge in [0.25, 0.3) is 0 Å². The van der Waals surface area contributed by atoms with Gasteiger partial charge < -0.3 is 19.9 Å². The molecule has 0 saturated carbocycles. The zero-order valence-electron chi connectivity index (χ0n) is 18.5. The molecule has 1 aromatic carbocycles. The molecule has 1 atom stereocenters. The van der Waals surface area contributed by atoms with E-state index in [4.69, 9.17) is 4.74 Å². The highest BCUT2D eigenvalue weighted by Gasteiger charge is 2.26. The van der Waals surface area contributed by atoms with Crippen LogP contribution in [0.3, 0.4) is 0 Å². The molecule has 28 heavy (non-hydrogen) atoms. The number of carbonyl (C=O) groups is 2. The molecule has 0 aliphatic carbocycles. The molecule has 1 aromatic rings. The summed E-state index contributed by atoms with van der Waals surface area (Å²) < 4.78 is 4.89. The Hall–Kier alpha value is -2.08.